The predicted octanol–water partition coefficient (Wildman–Crippen LogP) is 2.63. The molecule has 3 N–H and O–H groups in total. The van der Waals surface area contributed by atoms with Gasteiger partial charge in [0.1, 0.15) is 18.2 Å². The summed E-state index contributed by atoms with van der Waals surface area (Å²) in [5.74, 6) is -1.63. The smallest absolute Gasteiger partial charge is 0.407 e. The summed E-state index contributed by atoms with van der Waals surface area (Å²) in [5, 5.41) is 22.9. The van der Waals surface area contributed by atoms with Gasteiger partial charge in [-0.15, -0.1) is 11.3 Å². The molecule has 0 fully saturated rings. The minimum Gasteiger partial charge on any atom is -0.480 e. The number of carbonyl (C=O) groups excluding carboxylic acids is 2. The lowest BCUT2D eigenvalue weighted by Gasteiger charge is -2.18. The Morgan fingerprint density at radius 1 is 1.06 bits per heavy atom. The lowest BCUT2D eigenvalue weighted by molar-refractivity contribution is -0.144. The molecule has 9 nitrogen and oxygen atoms in total. The van der Waals surface area contributed by atoms with Gasteiger partial charge in [-0.2, -0.15) is 0 Å². The molecule has 0 saturated heterocycles. The number of rotatable bonds is 10. The fourth-order valence-corrected chi connectivity index (χ4v) is 4.88. The molecule has 182 valence electrons. The highest BCUT2D eigenvalue weighted by Crippen LogP contribution is 2.44. The fourth-order valence-electron chi connectivity index (χ4n) is 4.15. The van der Waals surface area contributed by atoms with E-state index in [1.54, 1.807) is 5.38 Å². The monoisotopic (exact) mass is 495 g/mol. The number of carboxylic acids is 1. The van der Waals surface area contributed by atoms with E-state index in [9.17, 15) is 14.4 Å². The van der Waals surface area contributed by atoms with Crippen LogP contribution >= 0.6 is 11.3 Å². The molecule has 0 saturated carbocycles. The lowest BCUT2D eigenvalue weighted by atomic mass is 9.98. The van der Waals surface area contributed by atoms with Crippen LogP contribution in [0.2, 0.25) is 0 Å². The quantitative estimate of drug-likeness (QED) is 0.394. The van der Waals surface area contributed by atoms with Gasteiger partial charge < -0.3 is 25.2 Å². The number of carboxylic acid groups (broad SMARTS) is 1. The van der Waals surface area contributed by atoms with E-state index in [4.69, 9.17) is 14.9 Å². The van der Waals surface area contributed by atoms with Gasteiger partial charge in [0.05, 0.1) is 25.3 Å². The summed E-state index contributed by atoms with van der Waals surface area (Å²) in [6.07, 6.45) is -0.649. The average Bonchev–Trinajstić information content (AvgIpc) is 3.43. The first kappa shape index (κ1) is 24.4. The predicted molar refractivity (Wildman–Crippen MR) is 129 cm³/mol. The van der Waals surface area contributed by atoms with Crippen LogP contribution in [0.25, 0.3) is 11.1 Å². The Morgan fingerprint density at radius 2 is 1.71 bits per heavy atom. The van der Waals surface area contributed by atoms with E-state index in [-0.39, 0.29) is 38.6 Å². The van der Waals surface area contributed by atoms with Crippen LogP contribution in [-0.4, -0.2) is 64.4 Å². The van der Waals surface area contributed by atoms with Crippen LogP contribution in [-0.2, 0) is 27.3 Å². The Balaban J connectivity index is 1.29. The third-order valence-corrected chi connectivity index (χ3v) is 6.61. The number of hydrogen-bond donors (Lipinski definition) is 3. The number of aliphatic hydroxyl groups is 1. The standard InChI is InChI=1S/C25H25N3O6S/c29-10-9-28(13-24(31)32)23(30)11-16-15-35-22(27-16)12-26-25(33)34-14-21-19-7-3-1-5-17(19)18-6-2-4-8-20(18)21/h1-8,15,21,29H,9-14H2,(H,26,33)(H,31,32). The maximum atomic E-state index is 12.3. The molecule has 2 amide bonds. The molecule has 1 aliphatic carbocycles. The molecule has 4 rings (SSSR count). The maximum Gasteiger partial charge on any atom is 0.407 e. The Kier molecular flexibility index (Phi) is 7.74. The van der Waals surface area contributed by atoms with Gasteiger partial charge in [-0.1, -0.05) is 48.5 Å². The molecule has 1 aromatic heterocycles. The third-order valence-electron chi connectivity index (χ3n) is 5.71. The van der Waals surface area contributed by atoms with Crippen LogP contribution in [0.15, 0.2) is 53.9 Å². The van der Waals surface area contributed by atoms with Crippen LogP contribution in [0.4, 0.5) is 4.79 Å². The van der Waals surface area contributed by atoms with Gasteiger partial charge in [0.15, 0.2) is 0 Å². The van der Waals surface area contributed by atoms with Gasteiger partial charge >= 0.3 is 12.1 Å². The van der Waals surface area contributed by atoms with Gasteiger partial charge in [-0.3, -0.25) is 9.59 Å². The Hall–Kier alpha value is -3.76. The summed E-state index contributed by atoms with van der Waals surface area (Å²) in [6, 6.07) is 16.2. The van der Waals surface area contributed by atoms with Gasteiger partial charge in [0.25, 0.3) is 0 Å². The summed E-state index contributed by atoms with van der Waals surface area (Å²) in [6.45, 7) is -0.524. The van der Waals surface area contributed by atoms with Gasteiger partial charge in [-0.25, -0.2) is 9.78 Å². The number of benzene rings is 2. The van der Waals surface area contributed by atoms with Crippen molar-refractivity contribution in [3.05, 3.63) is 75.7 Å². The average molecular weight is 496 g/mol. The summed E-state index contributed by atoms with van der Waals surface area (Å²) < 4.78 is 5.51. The van der Waals surface area contributed by atoms with Crippen LogP contribution in [0.1, 0.15) is 27.7 Å². The van der Waals surface area contributed by atoms with Crippen molar-refractivity contribution in [3.8, 4) is 11.1 Å². The Morgan fingerprint density at radius 3 is 2.34 bits per heavy atom. The summed E-state index contributed by atoms with van der Waals surface area (Å²) in [7, 11) is 0. The van der Waals surface area contributed by atoms with E-state index in [1.807, 2.05) is 24.3 Å². The van der Waals surface area contributed by atoms with Crippen LogP contribution in [0.5, 0.6) is 0 Å². The molecule has 0 bridgehead atoms. The minimum absolute atomic E-state index is 0.0294. The van der Waals surface area contributed by atoms with Crippen LogP contribution in [0, 0.1) is 0 Å². The van der Waals surface area contributed by atoms with Crippen molar-refractivity contribution in [2.75, 3.05) is 26.3 Å². The highest BCUT2D eigenvalue weighted by Gasteiger charge is 2.29. The highest BCUT2D eigenvalue weighted by molar-refractivity contribution is 7.09. The Bertz CT molecular complexity index is 1180. The number of thiazole rings is 1. The number of alkyl carbamates (subject to hydrolysis) is 1. The van der Waals surface area contributed by atoms with Crippen molar-refractivity contribution in [1.29, 1.82) is 0 Å². The molecule has 10 heteroatoms. The van der Waals surface area contributed by atoms with Crippen molar-refractivity contribution in [3.63, 3.8) is 0 Å². The number of aromatic nitrogens is 1. The zero-order valence-corrected chi connectivity index (χ0v) is 19.7. The van der Waals surface area contributed by atoms with E-state index < -0.39 is 24.5 Å². The van der Waals surface area contributed by atoms with Crippen LogP contribution < -0.4 is 5.32 Å². The maximum absolute atomic E-state index is 12.3. The molecule has 0 unspecified atom stereocenters. The normalized spacial score (nSPS) is 12.0. The van der Waals surface area contributed by atoms with Crippen molar-refractivity contribution < 1.29 is 29.3 Å². The summed E-state index contributed by atoms with van der Waals surface area (Å²) >= 11 is 1.28. The second kappa shape index (κ2) is 11.1. The zero-order valence-electron chi connectivity index (χ0n) is 18.8. The second-order valence-electron chi connectivity index (χ2n) is 8.02. The van der Waals surface area contributed by atoms with Gasteiger partial charge in [0, 0.05) is 17.8 Å². The number of ether oxygens (including phenoxy) is 1. The molecular formula is C25H25N3O6S. The van der Waals surface area contributed by atoms with E-state index in [0.717, 1.165) is 27.2 Å². The molecule has 1 aliphatic rings. The highest BCUT2D eigenvalue weighted by atomic mass is 32.1. The first-order chi connectivity index (χ1) is 17.0. The number of amides is 2. The molecule has 35 heavy (non-hydrogen) atoms. The van der Waals surface area contributed by atoms with Gasteiger partial charge in [0.2, 0.25) is 5.91 Å². The number of fused-ring (bicyclic) bond motifs is 3. The first-order valence-electron chi connectivity index (χ1n) is 11.1. The SMILES string of the molecule is O=C(O)CN(CCO)C(=O)Cc1csc(CNC(=O)OCC2c3ccccc3-c3ccccc32)n1. The lowest BCUT2D eigenvalue weighted by Crippen LogP contribution is -2.38. The zero-order chi connectivity index (χ0) is 24.8. The molecule has 0 atom stereocenters. The number of hydrogen-bond acceptors (Lipinski definition) is 7. The Labute approximate surface area is 206 Å². The van der Waals surface area contributed by atoms with E-state index >= 15 is 0 Å². The minimum atomic E-state index is -1.15. The molecule has 2 aromatic carbocycles. The van der Waals surface area contributed by atoms with Crippen LogP contribution in [0.3, 0.4) is 0 Å². The number of nitrogens with zero attached hydrogens (tertiary/aromatic N) is 2. The molecule has 0 spiro atoms. The van der Waals surface area contributed by atoms with Crippen molar-refractivity contribution in [2.24, 2.45) is 0 Å². The van der Waals surface area contributed by atoms with E-state index in [0.29, 0.717) is 10.7 Å². The van der Waals surface area contributed by atoms with Crippen molar-refractivity contribution in [2.45, 2.75) is 18.9 Å². The topological polar surface area (TPSA) is 129 Å². The summed E-state index contributed by atoms with van der Waals surface area (Å²) in [5.41, 5.74) is 5.05. The molecule has 1 heterocycles. The van der Waals surface area contributed by atoms with Gasteiger partial charge in [-0.05, 0) is 22.3 Å². The summed E-state index contributed by atoms with van der Waals surface area (Å²) in [4.78, 5) is 41.0. The van der Waals surface area contributed by atoms with E-state index in [2.05, 4.69) is 34.6 Å². The number of aliphatic hydroxyl groups excluding tert-OH is 1. The molecule has 0 radical (unpaired) electrons. The molecule has 3 aromatic rings. The van der Waals surface area contributed by atoms with E-state index in [1.165, 1.54) is 11.3 Å². The molecule has 0 aliphatic heterocycles. The number of nitrogens with one attached hydrogen (secondary N) is 1. The number of carbonyl (C=O) groups is 3. The third kappa shape index (κ3) is 5.84. The van der Waals surface area contributed by atoms with Crippen molar-refractivity contribution >= 4 is 29.3 Å². The fraction of sp³-hybridized carbons (Fsp3) is 0.280. The second-order valence-corrected chi connectivity index (χ2v) is 8.96. The first-order valence-corrected chi connectivity index (χ1v) is 12.0. The molecular weight excluding hydrogens is 470 g/mol. The number of aliphatic carboxylic acids is 1. The largest absolute Gasteiger partial charge is 0.480 e. The van der Waals surface area contributed by atoms with Crippen molar-refractivity contribution in [1.82, 2.24) is 15.2 Å².